The van der Waals surface area contributed by atoms with E-state index < -0.39 is 0 Å². The number of benzene rings is 1. The smallest absolute Gasteiger partial charge is 0.0908 e. The van der Waals surface area contributed by atoms with E-state index in [4.69, 9.17) is 5.26 Å². The van der Waals surface area contributed by atoms with E-state index in [2.05, 4.69) is 43.3 Å². The predicted molar refractivity (Wildman–Crippen MR) is 133 cm³/mol. The molecule has 2 aliphatic carbocycles. The van der Waals surface area contributed by atoms with Gasteiger partial charge in [-0.15, -0.1) is 0 Å². The normalized spacial score (nSPS) is 26.7. The van der Waals surface area contributed by atoms with Crippen LogP contribution in [0.15, 0.2) is 36.4 Å². The fraction of sp³-hybridized carbons (Fsp3) is 0.700. The standard InChI is InChI=1S/C30H45N/c1-2-3-4-5-6-8-25-16-20-29(21-17-25)30-22-18-28(19-23-30)15-14-27-12-10-26(11-13-27)9-7-24-31/h7,9,16-17,20-21,26-28,30H,2-6,8,10-15,18-19,22-23H2,1H3. The summed E-state index contributed by atoms with van der Waals surface area (Å²) in [6, 6.07) is 11.8. The van der Waals surface area contributed by atoms with Crippen LogP contribution in [0.4, 0.5) is 0 Å². The van der Waals surface area contributed by atoms with Gasteiger partial charge in [0.2, 0.25) is 0 Å². The van der Waals surface area contributed by atoms with Crippen LogP contribution >= 0.6 is 0 Å². The monoisotopic (exact) mass is 419 g/mol. The summed E-state index contributed by atoms with van der Waals surface area (Å²) in [5.74, 6) is 3.38. The van der Waals surface area contributed by atoms with Crippen molar-refractivity contribution in [2.45, 2.75) is 116 Å². The van der Waals surface area contributed by atoms with Gasteiger partial charge in [-0.2, -0.15) is 5.26 Å². The number of nitrogens with zero attached hydrogens (tertiary/aromatic N) is 1. The van der Waals surface area contributed by atoms with E-state index in [9.17, 15) is 0 Å². The third-order valence-corrected chi connectivity index (χ3v) is 8.18. The number of hydrogen-bond acceptors (Lipinski definition) is 1. The molecule has 2 fully saturated rings. The van der Waals surface area contributed by atoms with E-state index in [-0.39, 0.29) is 0 Å². The number of unbranched alkanes of at least 4 members (excludes halogenated alkanes) is 4. The lowest BCUT2D eigenvalue weighted by Gasteiger charge is -2.31. The van der Waals surface area contributed by atoms with Crippen molar-refractivity contribution in [3.8, 4) is 6.07 Å². The van der Waals surface area contributed by atoms with E-state index in [0.717, 1.165) is 17.8 Å². The first kappa shape index (κ1) is 24.1. The zero-order valence-electron chi connectivity index (χ0n) is 20.0. The first-order chi connectivity index (χ1) is 15.3. The molecular weight excluding hydrogens is 374 g/mol. The number of nitriles is 1. The molecule has 1 aromatic rings. The fourth-order valence-electron chi connectivity index (χ4n) is 5.99. The lowest BCUT2D eigenvalue weighted by atomic mass is 9.74. The Kier molecular flexibility index (Phi) is 10.7. The van der Waals surface area contributed by atoms with E-state index in [1.165, 1.54) is 108 Å². The SMILES string of the molecule is CCCCCCCc1ccc(C2CCC(CCC3CCC(C=CC#N)CC3)CC2)cc1. The van der Waals surface area contributed by atoms with Crippen LogP contribution in [-0.4, -0.2) is 0 Å². The molecule has 3 rings (SSSR count). The lowest BCUT2D eigenvalue weighted by molar-refractivity contribution is 0.246. The van der Waals surface area contributed by atoms with Crippen molar-refractivity contribution in [2.24, 2.45) is 17.8 Å². The van der Waals surface area contributed by atoms with Gasteiger partial charge in [-0.25, -0.2) is 0 Å². The minimum Gasteiger partial charge on any atom is -0.193 e. The zero-order valence-corrected chi connectivity index (χ0v) is 20.0. The van der Waals surface area contributed by atoms with Crippen LogP contribution < -0.4 is 0 Å². The van der Waals surface area contributed by atoms with Crippen LogP contribution in [0, 0.1) is 29.1 Å². The van der Waals surface area contributed by atoms with Crippen molar-refractivity contribution >= 4 is 0 Å². The van der Waals surface area contributed by atoms with Crippen molar-refractivity contribution in [3.05, 3.63) is 47.5 Å². The Hall–Kier alpha value is -1.55. The fourth-order valence-corrected chi connectivity index (χ4v) is 5.99. The molecule has 1 aromatic carbocycles. The Morgan fingerprint density at radius 1 is 0.806 bits per heavy atom. The van der Waals surface area contributed by atoms with Crippen molar-refractivity contribution in [1.82, 2.24) is 0 Å². The van der Waals surface area contributed by atoms with Crippen molar-refractivity contribution in [2.75, 3.05) is 0 Å². The highest BCUT2D eigenvalue weighted by Gasteiger charge is 2.24. The molecule has 2 saturated carbocycles. The largest absolute Gasteiger partial charge is 0.193 e. The third-order valence-electron chi connectivity index (χ3n) is 8.18. The van der Waals surface area contributed by atoms with Gasteiger partial charge in [0.25, 0.3) is 0 Å². The average molecular weight is 420 g/mol. The lowest BCUT2D eigenvalue weighted by Crippen LogP contribution is -2.17. The van der Waals surface area contributed by atoms with E-state index in [1.54, 1.807) is 11.6 Å². The molecular formula is C30H45N. The summed E-state index contributed by atoms with van der Waals surface area (Å²) in [5.41, 5.74) is 3.13. The van der Waals surface area contributed by atoms with Gasteiger partial charge in [0.1, 0.15) is 0 Å². The van der Waals surface area contributed by atoms with Crippen LogP contribution in [0.25, 0.3) is 0 Å². The Morgan fingerprint density at radius 3 is 2.03 bits per heavy atom. The molecule has 170 valence electrons. The Labute approximate surface area is 192 Å². The molecule has 0 amide bonds. The Morgan fingerprint density at radius 2 is 1.42 bits per heavy atom. The van der Waals surface area contributed by atoms with Crippen LogP contribution in [-0.2, 0) is 6.42 Å². The first-order valence-electron chi connectivity index (χ1n) is 13.4. The molecule has 0 N–H and O–H groups in total. The first-order valence-corrected chi connectivity index (χ1v) is 13.4. The highest BCUT2D eigenvalue weighted by molar-refractivity contribution is 5.26. The quantitative estimate of drug-likeness (QED) is 0.259. The molecule has 31 heavy (non-hydrogen) atoms. The molecule has 0 aliphatic heterocycles. The second-order valence-corrected chi connectivity index (χ2v) is 10.5. The third kappa shape index (κ3) is 8.48. The molecule has 0 atom stereocenters. The van der Waals surface area contributed by atoms with Gasteiger partial charge in [-0.1, -0.05) is 75.8 Å². The summed E-state index contributed by atoms with van der Waals surface area (Å²) in [7, 11) is 0. The van der Waals surface area contributed by atoms with Crippen LogP contribution in [0.5, 0.6) is 0 Å². The highest BCUT2D eigenvalue weighted by Crippen LogP contribution is 2.40. The molecule has 0 heterocycles. The van der Waals surface area contributed by atoms with E-state index in [1.807, 2.05) is 0 Å². The summed E-state index contributed by atoms with van der Waals surface area (Å²) < 4.78 is 0. The van der Waals surface area contributed by atoms with Gasteiger partial charge in [0, 0.05) is 6.08 Å². The maximum absolute atomic E-state index is 8.70. The van der Waals surface area contributed by atoms with Crippen molar-refractivity contribution in [3.63, 3.8) is 0 Å². The molecule has 0 bridgehead atoms. The summed E-state index contributed by atoms with van der Waals surface area (Å²) >= 11 is 0. The van der Waals surface area contributed by atoms with Crippen LogP contribution in [0.1, 0.15) is 120 Å². The summed E-state index contributed by atoms with van der Waals surface area (Å²) in [6.45, 7) is 2.29. The Balaban J connectivity index is 1.31. The van der Waals surface area contributed by atoms with Gasteiger partial charge in [0.15, 0.2) is 0 Å². The highest BCUT2D eigenvalue weighted by atomic mass is 14.3. The molecule has 0 aromatic heterocycles. The number of hydrogen-bond donors (Lipinski definition) is 0. The number of aryl methyl sites for hydroxylation is 1. The van der Waals surface area contributed by atoms with Crippen molar-refractivity contribution in [1.29, 1.82) is 5.26 Å². The molecule has 0 spiro atoms. The van der Waals surface area contributed by atoms with Gasteiger partial charge in [0.05, 0.1) is 6.07 Å². The van der Waals surface area contributed by atoms with Gasteiger partial charge in [-0.3, -0.25) is 0 Å². The maximum atomic E-state index is 8.70. The van der Waals surface area contributed by atoms with Crippen LogP contribution in [0.3, 0.4) is 0 Å². The molecule has 1 heteroatoms. The molecule has 1 nitrogen and oxygen atoms in total. The van der Waals surface area contributed by atoms with Crippen molar-refractivity contribution < 1.29 is 0 Å². The number of rotatable bonds is 11. The summed E-state index contributed by atoms with van der Waals surface area (Å²) in [5, 5.41) is 8.70. The van der Waals surface area contributed by atoms with Gasteiger partial charge < -0.3 is 0 Å². The average Bonchev–Trinajstić information content (AvgIpc) is 2.83. The summed E-state index contributed by atoms with van der Waals surface area (Å²) in [6.07, 6.45) is 25.8. The predicted octanol–water partition coefficient (Wildman–Crippen LogP) is 9.14. The minimum atomic E-state index is 0.666. The van der Waals surface area contributed by atoms with Crippen LogP contribution in [0.2, 0.25) is 0 Å². The minimum absolute atomic E-state index is 0.666. The van der Waals surface area contributed by atoms with E-state index in [0.29, 0.717) is 5.92 Å². The maximum Gasteiger partial charge on any atom is 0.0908 e. The number of allylic oxidation sites excluding steroid dienone is 2. The Bertz CT molecular complexity index is 663. The molecule has 0 saturated heterocycles. The van der Waals surface area contributed by atoms with Gasteiger partial charge in [-0.05, 0) is 99.0 Å². The zero-order chi connectivity index (χ0) is 21.7. The topological polar surface area (TPSA) is 23.8 Å². The molecule has 0 unspecified atom stereocenters. The molecule has 0 radical (unpaired) electrons. The summed E-state index contributed by atoms with van der Waals surface area (Å²) in [4.78, 5) is 0. The molecule has 2 aliphatic rings. The van der Waals surface area contributed by atoms with E-state index >= 15 is 0 Å². The second kappa shape index (κ2) is 13.8. The second-order valence-electron chi connectivity index (χ2n) is 10.5. The van der Waals surface area contributed by atoms with Gasteiger partial charge >= 0.3 is 0 Å².